The van der Waals surface area contributed by atoms with Crippen LogP contribution in [0.15, 0.2) is 71.6 Å². The molecule has 2 saturated heterocycles. The van der Waals surface area contributed by atoms with Gasteiger partial charge in [-0.25, -0.2) is 4.98 Å². The summed E-state index contributed by atoms with van der Waals surface area (Å²) in [5.74, 6) is -0.294. The number of halogens is 4. The maximum atomic E-state index is 14.3. The molecule has 46 heavy (non-hydrogen) atoms. The second-order valence-corrected chi connectivity index (χ2v) is 13.4. The number of nitrogens with one attached hydrogen (secondary N) is 1. The van der Waals surface area contributed by atoms with Gasteiger partial charge in [-0.05, 0) is 87.9 Å². The van der Waals surface area contributed by atoms with Gasteiger partial charge in [-0.2, -0.15) is 13.2 Å². The number of piperidine rings is 2. The van der Waals surface area contributed by atoms with Gasteiger partial charge in [0.1, 0.15) is 0 Å². The number of benzene rings is 3. The van der Waals surface area contributed by atoms with Crippen LogP contribution in [-0.2, 0) is 19.3 Å². The molecule has 10 heteroatoms. The van der Waals surface area contributed by atoms with E-state index in [9.17, 15) is 18.0 Å². The van der Waals surface area contributed by atoms with Gasteiger partial charge < -0.3 is 10.2 Å². The monoisotopic (exact) mass is 666 g/mol. The highest BCUT2D eigenvalue weighted by Crippen LogP contribution is 2.38. The average molecular weight is 667 g/mol. The third kappa shape index (κ3) is 7.38. The standard InChI is InChI=1S/C36H38ClF3N4OS/c1-46-32-20-28-31(21-30(32)37)42-34(25-11-8-12-26(19-25)36(38,39)40)29(33(28)35(45)41-22-24-9-4-2-5-10-24)23-43-17-13-27(14-18-43)44-15-6-3-7-16-44/h2,4-5,8-12,19-21,27H,3,6-7,13-18,22-23H2,1H3,(H,41,45). The Morgan fingerprint density at radius 3 is 2.41 bits per heavy atom. The zero-order chi connectivity index (χ0) is 32.3. The molecule has 6 rings (SSSR count). The number of aromatic nitrogens is 1. The molecule has 2 aliphatic rings. The number of carbonyl (C=O) groups excluding carboxylic acids is 1. The van der Waals surface area contributed by atoms with E-state index in [4.69, 9.17) is 16.6 Å². The van der Waals surface area contributed by atoms with Gasteiger partial charge in [0.2, 0.25) is 0 Å². The minimum absolute atomic E-state index is 0.294. The Hall–Kier alpha value is -3.11. The Morgan fingerprint density at radius 2 is 1.72 bits per heavy atom. The van der Waals surface area contributed by atoms with E-state index >= 15 is 0 Å². The minimum atomic E-state index is -4.52. The number of likely N-dealkylation sites (tertiary alicyclic amines) is 2. The predicted octanol–water partition coefficient (Wildman–Crippen LogP) is 8.68. The Kier molecular flexibility index (Phi) is 10.2. The number of alkyl halides is 3. The Labute approximate surface area is 277 Å². The number of carbonyl (C=O) groups is 1. The van der Waals surface area contributed by atoms with E-state index in [1.165, 1.54) is 37.1 Å². The van der Waals surface area contributed by atoms with Crippen molar-refractivity contribution in [3.8, 4) is 11.3 Å². The van der Waals surface area contributed by atoms with Crippen molar-refractivity contribution >= 4 is 40.2 Å². The largest absolute Gasteiger partial charge is 0.416 e. The zero-order valence-electron chi connectivity index (χ0n) is 25.9. The first kappa shape index (κ1) is 32.8. The summed E-state index contributed by atoms with van der Waals surface area (Å²) in [5.41, 5.74) is 2.40. The lowest BCUT2D eigenvalue weighted by Gasteiger charge is -2.40. The van der Waals surface area contributed by atoms with Crippen LogP contribution in [0.1, 0.15) is 59.2 Å². The molecule has 0 aliphatic carbocycles. The van der Waals surface area contributed by atoms with Crippen LogP contribution in [0.25, 0.3) is 22.2 Å². The molecule has 1 aromatic heterocycles. The smallest absolute Gasteiger partial charge is 0.348 e. The maximum absolute atomic E-state index is 14.3. The van der Waals surface area contributed by atoms with Crippen molar-refractivity contribution in [1.82, 2.24) is 20.1 Å². The summed E-state index contributed by atoms with van der Waals surface area (Å²) in [4.78, 5) is 24.9. The van der Waals surface area contributed by atoms with Crippen molar-refractivity contribution in [2.45, 2.75) is 62.3 Å². The van der Waals surface area contributed by atoms with Crippen LogP contribution in [0.2, 0.25) is 5.02 Å². The topological polar surface area (TPSA) is 48.5 Å². The Bertz CT molecular complexity index is 1690. The summed E-state index contributed by atoms with van der Waals surface area (Å²) in [5, 5.41) is 4.20. The summed E-state index contributed by atoms with van der Waals surface area (Å²) in [6, 6.07) is 19.0. The van der Waals surface area contributed by atoms with Gasteiger partial charge in [-0.3, -0.25) is 9.69 Å². The minimum Gasteiger partial charge on any atom is -0.348 e. The molecule has 0 spiro atoms. The number of rotatable bonds is 8. The van der Waals surface area contributed by atoms with Crippen LogP contribution in [0.4, 0.5) is 13.2 Å². The van der Waals surface area contributed by atoms with E-state index in [0.29, 0.717) is 57.4 Å². The van der Waals surface area contributed by atoms with Gasteiger partial charge in [0, 0.05) is 40.5 Å². The quantitative estimate of drug-likeness (QED) is 0.191. The summed E-state index contributed by atoms with van der Waals surface area (Å²) in [6.45, 7) is 4.67. The van der Waals surface area contributed by atoms with E-state index in [1.807, 2.05) is 42.7 Å². The number of thioether (sulfide) groups is 1. The number of fused-ring (bicyclic) bond motifs is 1. The number of hydrogen-bond donors (Lipinski definition) is 1. The van der Waals surface area contributed by atoms with Crippen molar-refractivity contribution < 1.29 is 18.0 Å². The normalized spacial score (nSPS) is 17.0. The molecule has 2 fully saturated rings. The van der Waals surface area contributed by atoms with Gasteiger partial charge in [0.25, 0.3) is 5.91 Å². The molecule has 1 amide bonds. The molecule has 242 valence electrons. The lowest BCUT2D eigenvalue weighted by atomic mass is 9.93. The number of nitrogens with zero attached hydrogens (tertiary/aromatic N) is 3. The SMILES string of the molecule is CSc1cc2c(C(=O)NCc3ccccc3)c(CN3CCC(N4CCCCC4)CC3)c(-c3cccc(C(F)(F)F)c3)nc2cc1Cl. The highest BCUT2D eigenvalue weighted by Gasteiger charge is 2.32. The molecule has 0 saturated carbocycles. The van der Waals surface area contributed by atoms with E-state index in [-0.39, 0.29) is 5.91 Å². The fraction of sp³-hybridized carbons (Fsp3) is 0.389. The van der Waals surface area contributed by atoms with Crippen molar-refractivity contribution in [3.05, 3.63) is 94.0 Å². The van der Waals surface area contributed by atoms with E-state index in [2.05, 4.69) is 15.1 Å². The number of pyridine rings is 1. The molecular weight excluding hydrogens is 629 g/mol. The summed E-state index contributed by atoms with van der Waals surface area (Å²) in [6.07, 6.45) is 3.21. The lowest BCUT2D eigenvalue weighted by molar-refractivity contribution is -0.137. The number of hydrogen-bond acceptors (Lipinski definition) is 5. The van der Waals surface area contributed by atoms with Crippen LogP contribution >= 0.6 is 23.4 Å². The summed E-state index contributed by atoms with van der Waals surface area (Å²) >= 11 is 8.08. The third-order valence-corrected chi connectivity index (χ3v) is 10.4. The average Bonchev–Trinajstić information content (AvgIpc) is 3.07. The first-order valence-corrected chi connectivity index (χ1v) is 17.5. The van der Waals surface area contributed by atoms with E-state index in [0.717, 1.165) is 61.6 Å². The molecule has 5 nitrogen and oxygen atoms in total. The van der Waals surface area contributed by atoms with E-state index < -0.39 is 11.7 Å². The highest BCUT2D eigenvalue weighted by atomic mass is 35.5. The number of amides is 1. The van der Waals surface area contributed by atoms with E-state index in [1.54, 1.807) is 12.1 Å². The summed E-state index contributed by atoms with van der Waals surface area (Å²) < 4.78 is 41.7. The summed E-state index contributed by atoms with van der Waals surface area (Å²) in [7, 11) is 0. The first-order chi connectivity index (χ1) is 22.2. The molecule has 3 heterocycles. The van der Waals surface area contributed by atoms with Gasteiger partial charge >= 0.3 is 6.18 Å². The van der Waals surface area contributed by atoms with Crippen LogP contribution in [0.5, 0.6) is 0 Å². The van der Waals surface area contributed by atoms with Crippen LogP contribution in [0, 0.1) is 0 Å². The molecule has 0 unspecified atom stereocenters. The second kappa shape index (κ2) is 14.3. The van der Waals surface area contributed by atoms with Gasteiger partial charge in [-0.15, -0.1) is 11.8 Å². The molecule has 1 N–H and O–H groups in total. The van der Waals surface area contributed by atoms with Gasteiger partial charge in [0.05, 0.1) is 27.4 Å². The molecule has 0 bridgehead atoms. The Morgan fingerprint density at radius 1 is 0.978 bits per heavy atom. The van der Waals surface area contributed by atoms with Crippen LogP contribution in [0.3, 0.4) is 0 Å². The molecule has 2 aliphatic heterocycles. The van der Waals surface area contributed by atoms with Crippen molar-refractivity contribution in [3.63, 3.8) is 0 Å². The Balaban J connectivity index is 1.45. The maximum Gasteiger partial charge on any atom is 0.416 e. The van der Waals surface area contributed by atoms with Gasteiger partial charge in [-0.1, -0.05) is 60.5 Å². The highest BCUT2D eigenvalue weighted by molar-refractivity contribution is 7.98. The van der Waals surface area contributed by atoms with Crippen LogP contribution < -0.4 is 5.32 Å². The van der Waals surface area contributed by atoms with Crippen molar-refractivity contribution in [2.75, 3.05) is 32.4 Å². The molecular formula is C36H38ClF3N4OS. The molecule has 0 atom stereocenters. The lowest BCUT2D eigenvalue weighted by Crippen LogP contribution is -2.46. The molecule has 3 aromatic carbocycles. The predicted molar refractivity (Wildman–Crippen MR) is 180 cm³/mol. The van der Waals surface area contributed by atoms with Crippen molar-refractivity contribution in [1.29, 1.82) is 0 Å². The second-order valence-electron chi connectivity index (χ2n) is 12.2. The van der Waals surface area contributed by atoms with Crippen LogP contribution in [-0.4, -0.2) is 59.2 Å². The molecule has 4 aromatic rings. The van der Waals surface area contributed by atoms with Gasteiger partial charge in [0.15, 0.2) is 0 Å². The first-order valence-electron chi connectivity index (χ1n) is 15.9. The third-order valence-electron chi connectivity index (χ3n) is 9.19. The fourth-order valence-electron chi connectivity index (χ4n) is 6.77. The zero-order valence-corrected chi connectivity index (χ0v) is 27.4. The fourth-order valence-corrected chi connectivity index (χ4v) is 7.65. The van der Waals surface area contributed by atoms with Crippen molar-refractivity contribution in [2.24, 2.45) is 0 Å². The molecule has 0 radical (unpaired) electrons.